The topological polar surface area (TPSA) is 12.9 Å². The first-order valence-electron chi connectivity index (χ1n) is 11.6. The predicted octanol–water partition coefficient (Wildman–Crippen LogP) is 8.93. The van der Waals surface area contributed by atoms with Crippen LogP contribution in [0.1, 0.15) is 57.2 Å². The first-order valence-corrected chi connectivity index (χ1v) is 12.4. The molecule has 32 heavy (non-hydrogen) atoms. The number of pyridine rings is 1. The monoisotopic (exact) mass is 435 g/mol. The molecule has 0 unspecified atom stereocenters. The van der Waals surface area contributed by atoms with Crippen LogP contribution in [0, 0.1) is 6.92 Å². The van der Waals surface area contributed by atoms with Crippen molar-refractivity contribution in [2.45, 2.75) is 58.3 Å². The molecular weight excluding hydrogens is 406 g/mol. The van der Waals surface area contributed by atoms with E-state index in [0.29, 0.717) is 0 Å². The van der Waals surface area contributed by atoms with Crippen molar-refractivity contribution in [3.8, 4) is 11.3 Å². The van der Waals surface area contributed by atoms with E-state index in [0.717, 1.165) is 5.69 Å². The number of fused-ring (bicyclic) bond motifs is 5. The molecule has 1 aliphatic rings. The molecule has 2 heterocycles. The number of hydrogen-bond acceptors (Lipinski definition) is 2. The SMILES string of the molecule is Cc1c2c(cc3sc4c(-c5ccc6ccccc6c5)nccc4c13)C(C)(C)CCC2(C)C. The van der Waals surface area contributed by atoms with Crippen molar-refractivity contribution in [3.63, 3.8) is 0 Å². The molecule has 6 rings (SSSR count). The van der Waals surface area contributed by atoms with Crippen molar-refractivity contribution in [2.75, 3.05) is 0 Å². The number of thiophene rings is 1. The average Bonchev–Trinajstić information content (AvgIpc) is 3.15. The molecule has 0 amide bonds. The highest BCUT2D eigenvalue weighted by Gasteiger charge is 2.39. The minimum Gasteiger partial charge on any atom is -0.255 e. The van der Waals surface area contributed by atoms with Gasteiger partial charge in [-0.25, -0.2) is 0 Å². The van der Waals surface area contributed by atoms with Crippen LogP contribution in [0.15, 0.2) is 60.8 Å². The molecule has 0 saturated heterocycles. The summed E-state index contributed by atoms with van der Waals surface area (Å²) in [6, 6.07) is 20.0. The molecule has 0 N–H and O–H groups in total. The average molecular weight is 436 g/mol. The highest BCUT2D eigenvalue weighted by Crippen LogP contribution is 2.51. The molecule has 0 saturated carbocycles. The van der Waals surface area contributed by atoms with Crippen LogP contribution in [-0.4, -0.2) is 4.98 Å². The molecular formula is C30H29NS. The van der Waals surface area contributed by atoms with E-state index in [2.05, 4.69) is 89.2 Å². The lowest BCUT2D eigenvalue weighted by molar-refractivity contribution is 0.331. The standard InChI is InChI=1S/C30H29NS/c1-18-25-22-12-15-31-27(21-11-10-19-8-6-7-9-20(19)16-21)28(22)32-24(25)17-23-26(18)30(4,5)14-13-29(23,2)3/h6-12,15-17H,13-14H2,1-5H3. The van der Waals surface area contributed by atoms with E-state index in [9.17, 15) is 0 Å². The molecule has 160 valence electrons. The zero-order valence-corrected chi connectivity index (χ0v) is 20.4. The molecule has 0 aliphatic heterocycles. The zero-order chi connectivity index (χ0) is 22.3. The van der Waals surface area contributed by atoms with Gasteiger partial charge in [-0.05, 0) is 76.3 Å². The van der Waals surface area contributed by atoms with E-state index in [-0.39, 0.29) is 10.8 Å². The van der Waals surface area contributed by atoms with E-state index < -0.39 is 0 Å². The molecule has 1 nitrogen and oxygen atoms in total. The molecule has 0 bridgehead atoms. The Balaban J connectivity index is 1.67. The summed E-state index contributed by atoms with van der Waals surface area (Å²) in [5.74, 6) is 0. The van der Waals surface area contributed by atoms with Gasteiger partial charge in [0.25, 0.3) is 0 Å². The second-order valence-corrected chi connectivity index (χ2v) is 11.8. The van der Waals surface area contributed by atoms with Gasteiger partial charge in [0, 0.05) is 27.2 Å². The second kappa shape index (κ2) is 6.65. The van der Waals surface area contributed by atoms with Gasteiger partial charge in [-0.15, -0.1) is 11.3 Å². The predicted molar refractivity (Wildman–Crippen MR) is 140 cm³/mol. The minimum absolute atomic E-state index is 0.214. The van der Waals surface area contributed by atoms with E-state index in [1.165, 1.54) is 54.9 Å². The Hall–Kier alpha value is -2.71. The molecule has 0 radical (unpaired) electrons. The van der Waals surface area contributed by atoms with Crippen molar-refractivity contribution in [1.29, 1.82) is 0 Å². The smallest absolute Gasteiger partial charge is 0.0880 e. The first kappa shape index (κ1) is 19.9. The van der Waals surface area contributed by atoms with Crippen LogP contribution in [0.2, 0.25) is 0 Å². The van der Waals surface area contributed by atoms with E-state index in [4.69, 9.17) is 4.98 Å². The molecule has 2 aromatic heterocycles. The third-order valence-electron chi connectivity index (χ3n) is 7.73. The molecule has 0 fully saturated rings. The normalized spacial score (nSPS) is 17.2. The summed E-state index contributed by atoms with van der Waals surface area (Å²) in [7, 11) is 0. The fourth-order valence-corrected chi connectivity index (χ4v) is 7.20. The molecule has 5 aromatic rings. The van der Waals surface area contributed by atoms with Crippen molar-refractivity contribution in [2.24, 2.45) is 0 Å². The molecule has 2 heteroatoms. The van der Waals surface area contributed by atoms with E-state index >= 15 is 0 Å². The quantitative estimate of drug-likeness (QED) is 0.256. The molecule has 3 aromatic carbocycles. The maximum atomic E-state index is 4.87. The summed E-state index contributed by atoms with van der Waals surface area (Å²) in [5.41, 5.74) is 7.33. The van der Waals surface area contributed by atoms with Crippen LogP contribution in [0.25, 0.3) is 42.2 Å². The van der Waals surface area contributed by atoms with Crippen LogP contribution >= 0.6 is 11.3 Å². The number of aryl methyl sites for hydroxylation is 1. The van der Waals surface area contributed by atoms with Crippen molar-refractivity contribution < 1.29 is 0 Å². The lowest BCUT2D eigenvalue weighted by Gasteiger charge is -2.43. The summed E-state index contributed by atoms with van der Waals surface area (Å²) in [4.78, 5) is 4.87. The van der Waals surface area contributed by atoms with E-state index in [1.54, 1.807) is 11.1 Å². The largest absolute Gasteiger partial charge is 0.255 e. The molecule has 1 aliphatic carbocycles. The molecule has 0 atom stereocenters. The van der Waals surface area contributed by atoms with Crippen LogP contribution in [0.5, 0.6) is 0 Å². The highest BCUT2D eigenvalue weighted by atomic mass is 32.1. The lowest BCUT2D eigenvalue weighted by Crippen LogP contribution is -2.34. The lowest BCUT2D eigenvalue weighted by atomic mass is 9.62. The number of benzene rings is 3. The summed E-state index contributed by atoms with van der Waals surface area (Å²) in [6.07, 6.45) is 4.48. The molecule has 0 spiro atoms. The summed E-state index contributed by atoms with van der Waals surface area (Å²) >= 11 is 1.91. The second-order valence-electron chi connectivity index (χ2n) is 10.8. The Morgan fingerprint density at radius 2 is 1.59 bits per heavy atom. The zero-order valence-electron chi connectivity index (χ0n) is 19.5. The van der Waals surface area contributed by atoms with Crippen molar-refractivity contribution in [1.82, 2.24) is 4.98 Å². The van der Waals surface area contributed by atoms with Crippen LogP contribution < -0.4 is 0 Å². The third kappa shape index (κ3) is 2.79. The van der Waals surface area contributed by atoms with Gasteiger partial charge >= 0.3 is 0 Å². The number of rotatable bonds is 1. The summed E-state index contributed by atoms with van der Waals surface area (Å²) in [5, 5.41) is 5.31. The van der Waals surface area contributed by atoms with Crippen molar-refractivity contribution >= 4 is 42.3 Å². The number of hydrogen-bond donors (Lipinski definition) is 0. The van der Waals surface area contributed by atoms with Crippen LogP contribution in [0.4, 0.5) is 0 Å². The van der Waals surface area contributed by atoms with Gasteiger partial charge in [0.1, 0.15) is 0 Å². The van der Waals surface area contributed by atoms with E-state index in [1.807, 2.05) is 17.5 Å². The first-order chi connectivity index (χ1) is 15.3. The Kier molecular flexibility index (Phi) is 4.14. The highest BCUT2D eigenvalue weighted by molar-refractivity contribution is 7.26. The van der Waals surface area contributed by atoms with Gasteiger partial charge in [-0.2, -0.15) is 0 Å². The van der Waals surface area contributed by atoms with Gasteiger partial charge in [0.05, 0.1) is 10.4 Å². The Labute approximate surface area is 194 Å². The van der Waals surface area contributed by atoms with Crippen LogP contribution in [-0.2, 0) is 10.8 Å². The Morgan fingerprint density at radius 1 is 0.844 bits per heavy atom. The van der Waals surface area contributed by atoms with Gasteiger partial charge < -0.3 is 0 Å². The van der Waals surface area contributed by atoms with Crippen molar-refractivity contribution in [3.05, 3.63) is 77.5 Å². The maximum absolute atomic E-state index is 4.87. The Bertz CT molecular complexity index is 1530. The number of aromatic nitrogens is 1. The minimum atomic E-state index is 0.214. The van der Waals surface area contributed by atoms with Gasteiger partial charge in [0.15, 0.2) is 0 Å². The van der Waals surface area contributed by atoms with Crippen LogP contribution in [0.3, 0.4) is 0 Å². The summed E-state index contributed by atoms with van der Waals surface area (Å²) in [6.45, 7) is 12.0. The maximum Gasteiger partial charge on any atom is 0.0880 e. The number of nitrogens with zero attached hydrogens (tertiary/aromatic N) is 1. The van der Waals surface area contributed by atoms with Gasteiger partial charge in [0.2, 0.25) is 0 Å². The van der Waals surface area contributed by atoms with Gasteiger partial charge in [-0.1, -0.05) is 64.1 Å². The Morgan fingerprint density at radius 3 is 2.41 bits per heavy atom. The fraction of sp³-hybridized carbons (Fsp3) is 0.300. The fourth-order valence-electron chi connectivity index (χ4n) is 5.89. The summed E-state index contributed by atoms with van der Waals surface area (Å²) < 4.78 is 2.70. The third-order valence-corrected chi connectivity index (χ3v) is 8.89. The van der Waals surface area contributed by atoms with Gasteiger partial charge in [-0.3, -0.25) is 4.98 Å².